The second kappa shape index (κ2) is 6.14. The van der Waals surface area contributed by atoms with Crippen LogP contribution in [0.2, 0.25) is 0 Å². The molecule has 1 N–H and O–H groups in total. The van der Waals surface area contributed by atoms with E-state index in [4.69, 9.17) is 4.42 Å². The van der Waals surface area contributed by atoms with Gasteiger partial charge in [0.15, 0.2) is 0 Å². The molecule has 1 aliphatic carbocycles. The molecule has 0 spiro atoms. The Labute approximate surface area is 146 Å². The number of aryl methyl sites for hydroxylation is 2. The lowest BCUT2D eigenvalue weighted by Crippen LogP contribution is -2.21. The normalized spacial score (nSPS) is 16.1. The number of furan rings is 1. The summed E-state index contributed by atoms with van der Waals surface area (Å²) in [6.45, 7) is 2.06. The Morgan fingerprint density at radius 1 is 1.12 bits per heavy atom. The molecule has 124 valence electrons. The summed E-state index contributed by atoms with van der Waals surface area (Å²) < 4.78 is 5.89. The highest BCUT2D eigenvalue weighted by Gasteiger charge is 2.28. The molecule has 4 rings (SSSR count). The molecular formula is C22H18O3. The number of aliphatic carboxylic acids is 1. The molecule has 3 heteroatoms. The van der Waals surface area contributed by atoms with Gasteiger partial charge in [0.25, 0.3) is 0 Å². The molecule has 1 aliphatic rings. The van der Waals surface area contributed by atoms with Gasteiger partial charge < -0.3 is 9.52 Å². The van der Waals surface area contributed by atoms with E-state index < -0.39 is 5.97 Å². The molecule has 0 unspecified atom stereocenters. The first-order valence-corrected chi connectivity index (χ1v) is 8.46. The van der Waals surface area contributed by atoms with E-state index in [2.05, 4.69) is 37.0 Å². The fourth-order valence-corrected chi connectivity index (χ4v) is 3.35. The Hall–Kier alpha value is -2.99. The second-order valence-electron chi connectivity index (χ2n) is 6.61. The van der Waals surface area contributed by atoms with Crippen molar-refractivity contribution in [3.63, 3.8) is 0 Å². The number of rotatable bonds is 1. The van der Waals surface area contributed by atoms with Crippen LogP contribution in [0.5, 0.6) is 0 Å². The van der Waals surface area contributed by atoms with Gasteiger partial charge in [-0.25, -0.2) is 0 Å². The van der Waals surface area contributed by atoms with Crippen molar-refractivity contribution in [3.8, 4) is 11.8 Å². The number of hydrogen-bond donors (Lipinski definition) is 1. The quantitative estimate of drug-likeness (QED) is 0.676. The highest BCUT2D eigenvalue weighted by Crippen LogP contribution is 2.34. The molecular weight excluding hydrogens is 312 g/mol. The van der Waals surface area contributed by atoms with Crippen LogP contribution in [-0.2, 0) is 17.6 Å². The van der Waals surface area contributed by atoms with E-state index in [0.29, 0.717) is 12.8 Å². The van der Waals surface area contributed by atoms with Crippen molar-refractivity contribution >= 4 is 16.9 Å². The Balaban J connectivity index is 1.67. The van der Waals surface area contributed by atoms with Crippen molar-refractivity contribution in [1.82, 2.24) is 0 Å². The van der Waals surface area contributed by atoms with Gasteiger partial charge in [-0.1, -0.05) is 29.5 Å². The predicted molar refractivity (Wildman–Crippen MR) is 96.5 cm³/mol. The fourth-order valence-electron chi connectivity index (χ4n) is 3.35. The third-order valence-corrected chi connectivity index (χ3v) is 4.80. The van der Waals surface area contributed by atoms with E-state index in [1.807, 2.05) is 24.3 Å². The van der Waals surface area contributed by atoms with Gasteiger partial charge in [-0.05, 0) is 50.1 Å². The van der Waals surface area contributed by atoms with Crippen molar-refractivity contribution in [3.05, 3.63) is 70.5 Å². The number of benzene rings is 2. The average Bonchev–Trinajstić information content (AvgIpc) is 2.98. The molecule has 2 aromatic carbocycles. The highest BCUT2D eigenvalue weighted by atomic mass is 16.4. The summed E-state index contributed by atoms with van der Waals surface area (Å²) in [5.74, 6) is 6.14. The van der Waals surface area contributed by atoms with Crippen LogP contribution in [-0.4, -0.2) is 11.1 Å². The third-order valence-electron chi connectivity index (χ3n) is 4.80. The summed E-state index contributed by atoms with van der Waals surface area (Å²) in [7, 11) is 0. The van der Waals surface area contributed by atoms with Crippen molar-refractivity contribution < 1.29 is 14.3 Å². The third kappa shape index (κ3) is 3.04. The maximum Gasteiger partial charge on any atom is 0.306 e. The lowest BCUT2D eigenvalue weighted by molar-refractivity contribution is -0.142. The molecule has 25 heavy (non-hydrogen) atoms. The van der Waals surface area contributed by atoms with E-state index in [1.165, 1.54) is 5.56 Å². The summed E-state index contributed by atoms with van der Waals surface area (Å²) in [5, 5.41) is 10.3. The lowest BCUT2D eigenvalue weighted by atomic mass is 9.87. The van der Waals surface area contributed by atoms with Gasteiger partial charge in [0.1, 0.15) is 11.3 Å². The van der Waals surface area contributed by atoms with Crippen LogP contribution in [0, 0.1) is 24.7 Å². The van der Waals surface area contributed by atoms with Gasteiger partial charge in [-0.2, -0.15) is 0 Å². The van der Waals surface area contributed by atoms with Gasteiger partial charge in [0.2, 0.25) is 0 Å². The van der Waals surface area contributed by atoms with Gasteiger partial charge >= 0.3 is 5.97 Å². The minimum atomic E-state index is -0.740. The van der Waals surface area contributed by atoms with Crippen molar-refractivity contribution in [2.45, 2.75) is 26.2 Å². The lowest BCUT2D eigenvalue weighted by Gasteiger charge is -2.16. The number of carboxylic acid groups (broad SMARTS) is 1. The Morgan fingerprint density at radius 2 is 1.84 bits per heavy atom. The van der Waals surface area contributed by atoms with Crippen LogP contribution in [0.3, 0.4) is 0 Å². The first-order valence-electron chi connectivity index (χ1n) is 8.46. The summed E-state index contributed by atoms with van der Waals surface area (Å²) >= 11 is 0. The van der Waals surface area contributed by atoms with Crippen LogP contribution in [0.15, 0.2) is 46.9 Å². The average molecular weight is 330 g/mol. The summed E-state index contributed by atoms with van der Waals surface area (Å²) in [6.07, 6.45) is 1.88. The minimum Gasteiger partial charge on any atom is -0.481 e. The molecule has 1 heterocycles. The van der Waals surface area contributed by atoms with E-state index >= 15 is 0 Å². The fraction of sp³-hybridized carbons (Fsp3) is 0.227. The van der Waals surface area contributed by atoms with Crippen molar-refractivity contribution in [2.75, 3.05) is 0 Å². The summed E-state index contributed by atoms with van der Waals surface area (Å²) in [6, 6.07) is 14.1. The second-order valence-corrected chi connectivity index (χ2v) is 6.61. The van der Waals surface area contributed by atoms with Crippen molar-refractivity contribution in [2.24, 2.45) is 5.92 Å². The van der Waals surface area contributed by atoms with Crippen LogP contribution in [0.4, 0.5) is 0 Å². The van der Waals surface area contributed by atoms with Crippen LogP contribution in [0.1, 0.15) is 34.4 Å². The molecule has 0 bridgehead atoms. The van der Waals surface area contributed by atoms with Crippen LogP contribution in [0.25, 0.3) is 11.0 Å². The predicted octanol–water partition coefficient (Wildman–Crippen LogP) is 4.33. The number of fused-ring (bicyclic) bond motifs is 3. The van der Waals surface area contributed by atoms with Crippen LogP contribution >= 0.6 is 0 Å². The maximum absolute atomic E-state index is 11.2. The van der Waals surface area contributed by atoms with E-state index in [9.17, 15) is 9.90 Å². The number of carbonyl (C=O) groups is 1. The van der Waals surface area contributed by atoms with E-state index in [-0.39, 0.29) is 5.92 Å². The first kappa shape index (κ1) is 15.5. The van der Waals surface area contributed by atoms with Gasteiger partial charge in [-0.15, -0.1) is 0 Å². The van der Waals surface area contributed by atoms with E-state index in [1.54, 1.807) is 0 Å². The summed E-state index contributed by atoms with van der Waals surface area (Å²) in [4.78, 5) is 11.2. The molecule has 0 radical (unpaired) electrons. The molecule has 0 aliphatic heterocycles. The van der Waals surface area contributed by atoms with Crippen molar-refractivity contribution in [1.29, 1.82) is 0 Å². The monoisotopic (exact) mass is 330 g/mol. The topological polar surface area (TPSA) is 50.4 Å². The van der Waals surface area contributed by atoms with E-state index in [0.717, 1.165) is 39.8 Å². The Morgan fingerprint density at radius 3 is 2.60 bits per heavy atom. The molecule has 3 aromatic rings. The molecule has 1 aromatic heterocycles. The van der Waals surface area contributed by atoms with Gasteiger partial charge in [0.05, 0.1) is 5.92 Å². The molecule has 0 saturated heterocycles. The minimum absolute atomic E-state index is 0.339. The molecule has 1 atom stereocenters. The zero-order valence-electron chi connectivity index (χ0n) is 14.0. The standard InChI is InChI=1S/C22H18O3/c1-14-2-4-15(5-3-14)6-7-16-8-11-20-19(12-16)18-10-9-17(22(23)24)13-21(18)25-20/h2-5,8,11-12,17H,9-10,13H2,1H3,(H,23,24)/t17-/m0/s1. The molecule has 0 amide bonds. The maximum atomic E-state index is 11.2. The Bertz CT molecular complexity index is 1010. The highest BCUT2D eigenvalue weighted by molar-refractivity contribution is 5.84. The van der Waals surface area contributed by atoms with Gasteiger partial charge in [0, 0.05) is 28.5 Å². The summed E-state index contributed by atoms with van der Waals surface area (Å²) in [5.41, 5.74) is 5.11. The smallest absolute Gasteiger partial charge is 0.306 e. The zero-order chi connectivity index (χ0) is 17.4. The molecule has 3 nitrogen and oxygen atoms in total. The van der Waals surface area contributed by atoms with Gasteiger partial charge in [-0.3, -0.25) is 4.79 Å². The first-order chi connectivity index (χ1) is 12.1. The number of carboxylic acids is 1. The zero-order valence-corrected chi connectivity index (χ0v) is 14.0. The largest absolute Gasteiger partial charge is 0.481 e. The Kier molecular flexibility index (Phi) is 3.82. The molecule has 0 saturated carbocycles. The SMILES string of the molecule is Cc1ccc(C#Cc2ccc3oc4c(c3c2)CC[C@H](C(=O)O)C4)cc1. The number of hydrogen-bond acceptors (Lipinski definition) is 2. The molecule has 0 fully saturated rings. The van der Waals surface area contributed by atoms with Crippen LogP contribution < -0.4 is 0 Å².